The number of rotatable bonds is 44. The van der Waals surface area contributed by atoms with E-state index in [4.69, 9.17) is 18.9 Å². The molecule has 1 saturated heterocycles. The average Bonchev–Trinajstić information content (AvgIpc) is 3.28. The van der Waals surface area contributed by atoms with Crippen LogP contribution in [0.5, 0.6) is 0 Å². The summed E-state index contributed by atoms with van der Waals surface area (Å²) in [6, 6.07) is 0. The van der Waals surface area contributed by atoms with Gasteiger partial charge in [-0.3, -0.25) is 9.35 Å². The summed E-state index contributed by atoms with van der Waals surface area (Å²) < 4.78 is 59.1. The van der Waals surface area contributed by atoms with Gasteiger partial charge in [-0.1, -0.05) is 216 Å². The number of carbonyl (C=O) groups excluding carboxylic acids is 1. The van der Waals surface area contributed by atoms with Crippen LogP contribution in [0.25, 0.3) is 0 Å². The van der Waals surface area contributed by atoms with E-state index in [0.29, 0.717) is 13.0 Å². The molecule has 0 aromatic rings. The summed E-state index contributed by atoms with van der Waals surface area (Å²) in [4.78, 5) is 12.8. The van der Waals surface area contributed by atoms with Gasteiger partial charge in [-0.25, -0.2) is 4.18 Å². The fourth-order valence-electron chi connectivity index (χ4n) is 7.63. The first-order chi connectivity index (χ1) is 31.6. The molecule has 6 unspecified atom stereocenters. The van der Waals surface area contributed by atoms with Crippen molar-refractivity contribution in [2.45, 2.75) is 237 Å². The molecule has 378 valence electrons. The third kappa shape index (κ3) is 36.5. The summed E-state index contributed by atoms with van der Waals surface area (Å²) in [6.45, 7) is 3.78. The molecule has 0 saturated carbocycles. The highest BCUT2D eigenvalue weighted by atomic mass is 32.3. The van der Waals surface area contributed by atoms with Crippen molar-refractivity contribution in [3.8, 4) is 0 Å². The van der Waals surface area contributed by atoms with Crippen LogP contribution in [0.3, 0.4) is 0 Å². The maximum atomic E-state index is 12.8. The summed E-state index contributed by atoms with van der Waals surface area (Å²) >= 11 is 0. The maximum Gasteiger partial charge on any atom is 0.397 e. The molecule has 0 bridgehead atoms. The van der Waals surface area contributed by atoms with E-state index in [1.165, 1.54) is 128 Å². The molecule has 0 aromatic heterocycles. The molecule has 0 spiro atoms. The predicted octanol–water partition coefficient (Wildman–Crippen LogP) is 11.7. The van der Waals surface area contributed by atoms with Crippen LogP contribution >= 0.6 is 0 Å². The predicted molar refractivity (Wildman–Crippen MR) is 262 cm³/mol. The first-order valence-electron chi connectivity index (χ1n) is 25.5. The van der Waals surface area contributed by atoms with Crippen LogP contribution in [0, 0.1) is 0 Å². The molecular weight excluding hydrogens is 849 g/mol. The van der Waals surface area contributed by atoms with Crippen LogP contribution in [-0.4, -0.2) is 97.5 Å². The molecule has 13 heteroatoms. The Bertz CT molecular complexity index is 1360. The van der Waals surface area contributed by atoms with Gasteiger partial charge >= 0.3 is 16.4 Å². The van der Waals surface area contributed by atoms with E-state index in [1.54, 1.807) is 6.08 Å². The lowest BCUT2D eigenvalue weighted by molar-refractivity contribution is -0.301. The number of hydrogen-bond acceptors (Lipinski definition) is 11. The fourth-order valence-corrected chi connectivity index (χ4v) is 8.14. The number of unbranched alkanes of at least 4 members (excludes halogenated alkanes) is 22. The molecule has 1 fully saturated rings. The number of carbonyl (C=O) groups is 1. The Labute approximate surface area is 395 Å². The zero-order valence-electron chi connectivity index (χ0n) is 40.5. The number of aliphatic hydroxyl groups excluding tert-OH is 3. The van der Waals surface area contributed by atoms with Crippen LogP contribution in [-0.2, 0) is 38.3 Å². The van der Waals surface area contributed by atoms with Crippen LogP contribution < -0.4 is 0 Å². The Morgan fingerprint density at radius 2 is 1.00 bits per heavy atom. The normalized spacial score (nSPS) is 20.1. The Morgan fingerprint density at radius 1 is 0.585 bits per heavy atom. The van der Waals surface area contributed by atoms with Gasteiger partial charge in [0.1, 0.15) is 30.5 Å². The number of ether oxygens (including phenoxy) is 4. The molecule has 6 atom stereocenters. The van der Waals surface area contributed by atoms with Crippen LogP contribution in [0.2, 0.25) is 0 Å². The van der Waals surface area contributed by atoms with Crippen molar-refractivity contribution in [3.05, 3.63) is 60.8 Å². The van der Waals surface area contributed by atoms with E-state index in [-0.39, 0.29) is 19.6 Å². The maximum absolute atomic E-state index is 12.8. The van der Waals surface area contributed by atoms with Crippen molar-refractivity contribution in [2.24, 2.45) is 0 Å². The number of hydrogen-bond donors (Lipinski definition) is 4. The molecular formula is C52H92O12S. The third-order valence-electron chi connectivity index (χ3n) is 11.4. The Kier molecular flexibility index (Phi) is 40.3. The first-order valence-corrected chi connectivity index (χ1v) is 26.9. The van der Waals surface area contributed by atoms with Gasteiger partial charge in [0, 0.05) is 6.61 Å². The zero-order chi connectivity index (χ0) is 47.5. The van der Waals surface area contributed by atoms with Gasteiger partial charge in [0.2, 0.25) is 0 Å². The second kappa shape index (κ2) is 43.1. The van der Waals surface area contributed by atoms with Gasteiger partial charge in [-0.15, -0.1) is 0 Å². The summed E-state index contributed by atoms with van der Waals surface area (Å²) in [5.74, 6) is -0.524. The monoisotopic (exact) mass is 941 g/mol. The van der Waals surface area contributed by atoms with Gasteiger partial charge < -0.3 is 34.3 Å². The molecule has 1 aliphatic heterocycles. The standard InChI is InChI=1S/C52H92O12S/c1-3-5-7-9-11-13-15-17-19-20-21-22-23-24-25-26-28-30-32-34-36-38-40-42-60-44-46(45-61-52-50(56)51(64-65(57,58)59)49(55)47(43-53)63-52)62-48(54)41-39-37-35-33-31-29-27-18-16-14-12-10-8-6-4-2/h6,8,12,14,18,27,31,33,37,39,46-47,49-53,55-56H,3-5,7,9-11,13,15-17,19-26,28-30,32,34-36,38,40-45H2,1-2H3,(H,57,58,59)/b8-6-,14-12-,27-18-,33-31-,39-37-. The summed E-state index contributed by atoms with van der Waals surface area (Å²) in [7, 11) is -5.08. The van der Waals surface area contributed by atoms with Gasteiger partial charge in [0.15, 0.2) is 6.29 Å². The third-order valence-corrected chi connectivity index (χ3v) is 11.9. The number of esters is 1. The van der Waals surface area contributed by atoms with Crippen molar-refractivity contribution in [3.63, 3.8) is 0 Å². The molecule has 4 N–H and O–H groups in total. The van der Waals surface area contributed by atoms with Crippen molar-refractivity contribution >= 4 is 16.4 Å². The first kappa shape index (κ1) is 60.8. The second-order valence-electron chi connectivity index (χ2n) is 17.4. The van der Waals surface area contributed by atoms with Crippen LogP contribution in [0.1, 0.15) is 200 Å². The van der Waals surface area contributed by atoms with E-state index >= 15 is 0 Å². The Hall–Kier alpha value is -2.20. The molecule has 1 aliphatic rings. The van der Waals surface area contributed by atoms with E-state index in [1.807, 2.05) is 12.2 Å². The van der Waals surface area contributed by atoms with Gasteiger partial charge in [-0.2, -0.15) is 8.42 Å². The van der Waals surface area contributed by atoms with Crippen molar-refractivity contribution < 1.29 is 56.2 Å². The SMILES string of the molecule is CC/C=C\C/C=C\C/C=C\C/C=C\C/C=C\CC(=O)OC(COCCCCCCCCCCCCCCCCCCCCCCCCC)COC1OC(CO)C(O)C(OS(=O)(=O)O)C1O. The minimum atomic E-state index is -5.08. The van der Waals surface area contributed by atoms with Crippen molar-refractivity contribution in [2.75, 3.05) is 26.4 Å². The number of allylic oxidation sites excluding steroid dienone is 9. The molecule has 1 heterocycles. The lowest BCUT2D eigenvalue weighted by Gasteiger charge is -2.41. The largest absolute Gasteiger partial charge is 0.457 e. The van der Waals surface area contributed by atoms with Crippen molar-refractivity contribution in [1.82, 2.24) is 0 Å². The van der Waals surface area contributed by atoms with Gasteiger partial charge in [0.25, 0.3) is 0 Å². The molecule has 0 aliphatic carbocycles. The van der Waals surface area contributed by atoms with E-state index in [9.17, 15) is 33.1 Å². The highest BCUT2D eigenvalue weighted by Crippen LogP contribution is 2.26. The van der Waals surface area contributed by atoms with Crippen molar-refractivity contribution in [1.29, 1.82) is 0 Å². The molecule has 12 nitrogen and oxygen atoms in total. The molecule has 0 radical (unpaired) electrons. The van der Waals surface area contributed by atoms with E-state index in [0.717, 1.165) is 44.9 Å². The molecule has 0 amide bonds. The molecule has 1 rings (SSSR count). The minimum Gasteiger partial charge on any atom is -0.457 e. The smallest absolute Gasteiger partial charge is 0.397 e. The second-order valence-corrected chi connectivity index (χ2v) is 18.5. The van der Waals surface area contributed by atoms with Crippen LogP contribution in [0.4, 0.5) is 0 Å². The van der Waals surface area contributed by atoms with E-state index < -0.39 is 59.8 Å². The lowest BCUT2D eigenvalue weighted by atomic mass is 9.99. The molecule has 0 aromatic carbocycles. The highest BCUT2D eigenvalue weighted by Gasteiger charge is 2.48. The van der Waals surface area contributed by atoms with Crippen LogP contribution in [0.15, 0.2) is 60.8 Å². The quantitative estimate of drug-likeness (QED) is 0.0197. The molecule has 65 heavy (non-hydrogen) atoms. The lowest BCUT2D eigenvalue weighted by Crippen LogP contribution is -2.60. The Morgan fingerprint density at radius 3 is 1.42 bits per heavy atom. The van der Waals surface area contributed by atoms with Gasteiger partial charge in [0.05, 0.1) is 26.2 Å². The summed E-state index contributed by atoms with van der Waals surface area (Å²) in [5.41, 5.74) is 0. The number of aliphatic hydroxyl groups is 3. The summed E-state index contributed by atoms with van der Waals surface area (Å²) in [6.07, 6.45) is 45.8. The minimum absolute atomic E-state index is 0.00344. The zero-order valence-corrected chi connectivity index (χ0v) is 41.4. The van der Waals surface area contributed by atoms with E-state index in [2.05, 4.69) is 60.6 Å². The topological polar surface area (TPSA) is 178 Å². The van der Waals surface area contributed by atoms with Gasteiger partial charge in [-0.05, 0) is 38.5 Å². The Balaban J connectivity index is 2.37. The highest BCUT2D eigenvalue weighted by molar-refractivity contribution is 7.80. The fraction of sp³-hybridized carbons (Fsp3) is 0.788. The average molecular weight is 941 g/mol. The summed E-state index contributed by atoms with van der Waals surface area (Å²) in [5, 5.41) is 30.7.